The van der Waals surface area contributed by atoms with Crippen molar-refractivity contribution in [3.05, 3.63) is 29.4 Å². The lowest BCUT2D eigenvalue weighted by Gasteiger charge is -2.04. The minimum Gasteiger partial charge on any atom is -0.345 e. The third-order valence-corrected chi connectivity index (χ3v) is 2.76. The molecule has 2 aromatic rings. The molecule has 0 spiro atoms. The van der Waals surface area contributed by atoms with Gasteiger partial charge in [-0.25, -0.2) is 9.37 Å². The average Bonchev–Trinajstić information content (AvgIpc) is 2.65. The maximum Gasteiger partial charge on any atom is 0.165 e. The van der Waals surface area contributed by atoms with E-state index >= 15 is 0 Å². The van der Waals surface area contributed by atoms with Gasteiger partial charge in [-0.3, -0.25) is 0 Å². The van der Waals surface area contributed by atoms with Crippen LogP contribution in [-0.4, -0.2) is 9.55 Å². The first-order valence-electron chi connectivity index (χ1n) is 5.03. The van der Waals surface area contributed by atoms with Crippen LogP contribution in [0.15, 0.2) is 18.5 Å². The molecule has 0 N–H and O–H groups in total. The molecule has 0 unspecified atom stereocenters. The predicted octanol–water partition coefficient (Wildman–Crippen LogP) is 3.63. The minimum absolute atomic E-state index is 0.310. The molecule has 2 rings (SSSR count). The van der Waals surface area contributed by atoms with Gasteiger partial charge in [-0.05, 0) is 12.5 Å². The Morgan fingerprint density at radius 1 is 1.53 bits per heavy atom. The molecule has 0 bridgehead atoms. The summed E-state index contributed by atoms with van der Waals surface area (Å²) in [6.45, 7) is 2.92. The van der Waals surface area contributed by atoms with Gasteiger partial charge in [0.1, 0.15) is 5.15 Å². The van der Waals surface area contributed by atoms with Crippen LogP contribution in [0.2, 0.25) is 5.15 Å². The van der Waals surface area contributed by atoms with Gasteiger partial charge in [-0.1, -0.05) is 24.9 Å². The van der Waals surface area contributed by atoms with E-state index < -0.39 is 0 Å². The van der Waals surface area contributed by atoms with Crippen LogP contribution < -0.4 is 0 Å². The molecule has 0 aromatic carbocycles. The molecule has 0 amide bonds. The number of halogens is 2. The summed E-state index contributed by atoms with van der Waals surface area (Å²) in [5, 5.41) is 1.05. The summed E-state index contributed by atoms with van der Waals surface area (Å²) in [7, 11) is 0. The number of aromatic nitrogens is 2. The third kappa shape index (κ3) is 1.84. The number of hydrogen-bond donors (Lipinski definition) is 0. The number of aryl methyl sites for hydroxylation is 1. The van der Waals surface area contributed by atoms with Gasteiger partial charge in [0.2, 0.25) is 0 Å². The largest absolute Gasteiger partial charge is 0.345 e. The Morgan fingerprint density at radius 2 is 2.33 bits per heavy atom. The third-order valence-electron chi connectivity index (χ3n) is 2.46. The van der Waals surface area contributed by atoms with Crippen LogP contribution in [0, 0.1) is 5.82 Å². The minimum atomic E-state index is -0.310. The van der Waals surface area contributed by atoms with Crippen LogP contribution in [0.4, 0.5) is 4.39 Å². The van der Waals surface area contributed by atoms with Gasteiger partial charge in [-0.15, -0.1) is 0 Å². The second kappa shape index (κ2) is 4.19. The van der Waals surface area contributed by atoms with Crippen molar-refractivity contribution in [1.82, 2.24) is 9.55 Å². The van der Waals surface area contributed by atoms with Crippen LogP contribution in [0.1, 0.15) is 19.8 Å². The van der Waals surface area contributed by atoms with Gasteiger partial charge < -0.3 is 4.57 Å². The van der Waals surface area contributed by atoms with Crippen molar-refractivity contribution < 1.29 is 4.39 Å². The zero-order valence-corrected chi connectivity index (χ0v) is 9.26. The Hall–Kier alpha value is -1.09. The van der Waals surface area contributed by atoms with Gasteiger partial charge in [0.15, 0.2) is 5.82 Å². The van der Waals surface area contributed by atoms with E-state index in [0.717, 1.165) is 19.4 Å². The van der Waals surface area contributed by atoms with Crippen LogP contribution in [0.3, 0.4) is 0 Å². The summed E-state index contributed by atoms with van der Waals surface area (Å²) < 4.78 is 15.4. The topological polar surface area (TPSA) is 17.8 Å². The number of hydrogen-bond acceptors (Lipinski definition) is 1. The number of unbranched alkanes of at least 4 members (excludes halogenated alkanes) is 1. The Morgan fingerprint density at radius 3 is 3.07 bits per heavy atom. The molecule has 0 aliphatic rings. The zero-order chi connectivity index (χ0) is 10.8. The molecular weight excluding hydrogens is 215 g/mol. The maximum atomic E-state index is 13.5. The molecule has 2 heterocycles. The first-order valence-corrected chi connectivity index (χ1v) is 5.40. The van der Waals surface area contributed by atoms with E-state index in [4.69, 9.17) is 11.6 Å². The molecule has 0 atom stereocenters. The normalized spacial score (nSPS) is 11.1. The molecular formula is C11H12ClFN2. The van der Waals surface area contributed by atoms with Crippen molar-refractivity contribution in [3.63, 3.8) is 0 Å². The summed E-state index contributed by atoms with van der Waals surface area (Å²) in [5.41, 5.74) is 0.559. The predicted molar refractivity (Wildman–Crippen MR) is 59.6 cm³/mol. The van der Waals surface area contributed by atoms with E-state index in [9.17, 15) is 4.39 Å². The monoisotopic (exact) mass is 226 g/mol. The van der Waals surface area contributed by atoms with Crippen molar-refractivity contribution in [3.8, 4) is 0 Å². The second-order valence-corrected chi connectivity index (χ2v) is 3.88. The van der Waals surface area contributed by atoms with E-state index in [1.54, 1.807) is 0 Å². The molecule has 0 saturated carbocycles. The standard InChI is InChI=1S/C11H12ClFN2/c1-2-3-5-15-6-4-8-10(15)9(13)7-14-11(8)12/h4,6-7H,2-3,5H2,1H3. The molecule has 4 heteroatoms. The molecule has 2 nitrogen and oxygen atoms in total. The summed E-state index contributed by atoms with van der Waals surface area (Å²) in [6, 6.07) is 1.81. The quantitative estimate of drug-likeness (QED) is 0.731. The van der Waals surface area contributed by atoms with E-state index in [0.29, 0.717) is 16.1 Å². The van der Waals surface area contributed by atoms with E-state index in [1.165, 1.54) is 6.20 Å². The Balaban J connectivity index is 2.53. The van der Waals surface area contributed by atoms with Crippen molar-refractivity contribution in [2.45, 2.75) is 26.3 Å². The van der Waals surface area contributed by atoms with Crippen molar-refractivity contribution in [1.29, 1.82) is 0 Å². The highest BCUT2D eigenvalue weighted by molar-refractivity contribution is 6.34. The summed E-state index contributed by atoms with van der Waals surface area (Å²) >= 11 is 5.89. The smallest absolute Gasteiger partial charge is 0.165 e. The van der Waals surface area contributed by atoms with Crippen LogP contribution in [0.25, 0.3) is 10.9 Å². The number of pyridine rings is 1. The highest BCUT2D eigenvalue weighted by atomic mass is 35.5. The molecule has 15 heavy (non-hydrogen) atoms. The fourth-order valence-electron chi connectivity index (χ4n) is 1.66. The van der Waals surface area contributed by atoms with Crippen molar-refractivity contribution >= 4 is 22.5 Å². The zero-order valence-electron chi connectivity index (χ0n) is 8.50. The van der Waals surface area contributed by atoms with Crippen molar-refractivity contribution in [2.24, 2.45) is 0 Å². The average molecular weight is 227 g/mol. The fraction of sp³-hybridized carbons (Fsp3) is 0.364. The fourth-order valence-corrected chi connectivity index (χ4v) is 1.87. The van der Waals surface area contributed by atoms with E-state index in [-0.39, 0.29) is 5.82 Å². The molecule has 0 aliphatic heterocycles. The molecule has 80 valence electrons. The molecule has 2 aromatic heterocycles. The maximum absolute atomic E-state index is 13.5. The highest BCUT2D eigenvalue weighted by Crippen LogP contribution is 2.24. The highest BCUT2D eigenvalue weighted by Gasteiger charge is 2.10. The van der Waals surface area contributed by atoms with Crippen LogP contribution in [0.5, 0.6) is 0 Å². The number of rotatable bonds is 3. The molecule has 0 aliphatic carbocycles. The Labute approximate surface area is 92.7 Å². The van der Waals surface area contributed by atoms with E-state index in [2.05, 4.69) is 11.9 Å². The lowest BCUT2D eigenvalue weighted by molar-refractivity contribution is 0.603. The first kappa shape index (κ1) is 10.4. The van der Waals surface area contributed by atoms with Gasteiger partial charge in [0.05, 0.1) is 11.7 Å². The summed E-state index contributed by atoms with van der Waals surface area (Å²) in [6.07, 6.45) is 5.15. The van der Waals surface area contributed by atoms with Gasteiger partial charge in [0, 0.05) is 18.1 Å². The molecule has 0 fully saturated rings. The summed E-state index contributed by atoms with van der Waals surface area (Å²) in [5.74, 6) is -0.310. The lowest BCUT2D eigenvalue weighted by Crippen LogP contribution is -1.97. The molecule has 0 saturated heterocycles. The van der Waals surface area contributed by atoms with Gasteiger partial charge in [0.25, 0.3) is 0 Å². The van der Waals surface area contributed by atoms with Crippen molar-refractivity contribution in [2.75, 3.05) is 0 Å². The number of fused-ring (bicyclic) bond motifs is 1. The Kier molecular flexibility index (Phi) is 2.91. The number of nitrogens with zero attached hydrogens (tertiary/aromatic N) is 2. The second-order valence-electron chi connectivity index (χ2n) is 3.52. The first-order chi connectivity index (χ1) is 7.24. The lowest BCUT2D eigenvalue weighted by atomic mass is 10.3. The van der Waals surface area contributed by atoms with Gasteiger partial charge >= 0.3 is 0 Å². The SMILES string of the molecule is CCCCn1ccc2c(Cl)ncc(F)c21. The van der Waals surface area contributed by atoms with Gasteiger partial charge in [-0.2, -0.15) is 0 Å². The molecule has 0 radical (unpaired) electrons. The summed E-state index contributed by atoms with van der Waals surface area (Å²) in [4.78, 5) is 3.78. The Bertz CT molecular complexity index is 479. The van der Waals surface area contributed by atoms with Crippen LogP contribution >= 0.6 is 11.6 Å². The van der Waals surface area contributed by atoms with Crippen LogP contribution in [-0.2, 0) is 6.54 Å². The van der Waals surface area contributed by atoms with E-state index in [1.807, 2.05) is 16.8 Å².